The van der Waals surface area contributed by atoms with Gasteiger partial charge in [-0.05, 0) is 56.2 Å². The van der Waals surface area contributed by atoms with E-state index >= 15 is 0 Å². The van der Waals surface area contributed by atoms with Gasteiger partial charge in [-0.15, -0.1) is 0 Å². The normalized spacial score (nSPS) is 31.5. The SMILES string of the molecule is OC(CNC1CCC2CN(Cc3ccccc3)CC21)CN1CCCC1. The summed E-state index contributed by atoms with van der Waals surface area (Å²) in [6, 6.07) is 11.4. The third-order valence-electron chi connectivity index (χ3n) is 6.46. The van der Waals surface area contributed by atoms with Crippen LogP contribution in [0, 0.1) is 11.8 Å². The zero-order chi connectivity index (χ0) is 17.1. The molecule has 4 rings (SSSR count). The van der Waals surface area contributed by atoms with Crippen LogP contribution in [0.3, 0.4) is 0 Å². The molecule has 2 aliphatic heterocycles. The first kappa shape index (κ1) is 17.5. The van der Waals surface area contributed by atoms with E-state index in [1.807, 2.05) is 0 Å². The van der Waals surface area contributed by atoms with Crippen LogP contribution in [0.5, 0.6) is 0 Å². The number of aliphatic hydroxyl groups excluding tert-OH is 1. The van der Waals surface area contributed by atoms with Crippen molar-refractivity contribution in [3.63, 3.8) is 0 Å². The van der Waals surface area contributed by atoms with Crippen LogP contribution in [-0.2, 0) is 6.54 Å². The van der Waals surface area contributed by atoms with E-state index < -0.39 is 0 Å². The van der Waals surface area contributed by atoms with Crippen LogP contribution in [0.15, 0.2) is 30.3 Å². The first-order valence-electron chi connectivity index (χ1n) is 10.2. The zero-order valence-electron chi connectivity index (χ0n) is 15.3. The maximum Gasteiger partial charge on any atom is 0.0791 e. The number of rotatable bonds is 7. The highest BCUT2D eigenvalue weighted by Crippen LogP contribution is 2.38. The van der Waals surface area contributed by atoms with Gasteiger partial charge in [0.2, 0.25) is 0 Å². The molecular formula is C21H33N3O. The third kappa shape index (κ3) is 4.43. The monoisotopic (exact) mass is 343 g/mol. The molecule has 0 amide bonds. The van der Waals surface area contributed by atoms with E-state index in [4.69, 9.17) is 0 Å². The lowest BCUT2D eigenvalue weighted by molar-refractivity contribution is 0.118. The Kier molecular flexibility index (Phi) is 5.71. The highest BCUT2D eigenvalue weighted by Gasteiger charge is 2.42. The smallest absolute Gasteiger partial charge is 0.0791 e. The van der Waals surface area contributed by atoms with Crippen molar-refractivity contribution in [2.24, 2.45) is 11.8 Å². The minimum atomic E-state index is -0.223. The van der Waals surface area contributed by atoms with Gasteiger partial charge in [0.25, 0.3) is 0 Å². The van der Waals surface area contributed by atoms with E-state index in [-0.39, 0.29) is 6.10 Å². The number of β-amino-alcohol motifs (C(OH)–C–C–N with tert-alkyl or cyclic N) is 1. The summed E-state index contributed by atoms with van der Waals surface area (Å²) in [5.74, 6) is 1.61. The summed E-state index contributed by atoms with van der Waals surface area (Å²) in [7, 11) is 0. The average molecular weight is 344 g/mol. The molecule has 0 spiro atoms. The van der Waals surface area contributed by atoms with Crippen molar-refractivity contribution in [3.05, 3.63) is 35.9 Å². The van der Waals surface area contributed by atoms with Gasteiger partial charge in [-0.2, -0.15) is 0 Å². The fourth-order valence-electron chi connectivity index (χ4n) is 5.20. The first-order chi connectivity index (χ1) is 12.3. The maximum atomic E-state index is 10.3. The Morgan fingerprint density at radius 3 is 2.64 bits per heavy atom. The van der Waals surface area contributed by atoms with Gasteiger partial charge < -0.3 is 15.3 Å². The van der Waals surface area contributed by atoms with Crippen LogP contribution in [0.25, 0.3) is 0 Å². The fourth-order valence-corrected chi connectivity index (χ4v) is 5.20. The lowest BCUT2D eigenvalue weighted by Gasteiger charge is -2.25. The molecule has 4 unspecified atom stereocenters. The Hall–Kier alpha value is -0.940. The average Bonchev–Trinajstić information content (AvgIpc) is 3.32. The van der Waals surface area contributed by atoms with E-state index in [9.17, 15) is 5.11 Å². The highest BCUT2D eigenvalue weighted by atomic mass is 16.3. The minimum absolute atomic E-state index is 0.223. The van der Waals surface area contributed by atoms with Gasteiger partial charge in [-0.1, -0.05) is 30.3 Å². The highest BCUT2D eigenvalue weighted by molar-refractivity contribution is 5.15. The predicted molar refractivity (Wildman–Crippen MR) is 101 cm³/mol. The molecule has 2 heterocycles. The van der Waals surface area contributed by atoms with E-state index in [0.717, 1.165) is 31.5 Å². The number of hydrogen-bond acceptors (Lipinski definition) is 4. The quantitative estimate of drug-likeness (QED) is 0.794. The molecule has 4 heteroatoms. The van der Waals surface area contributed by atoms with Crippen molar-refractivity contribution in [2.45, 2.75) is 44.4 Å². The van der Waals surface area contributed by atoms with Gasteiger partial charge in [0.05, 0.1) is 6.10 Å². The Labute approximate surface area is 152 Å². The Bertz CT molecular complexity index is 531. The largest absolute Gasteiger partial charge is 0.390 e. The van der Waals surface area contributed by atoms with Crippen LogP contribution in [0.1, 0.15) is 31.2 Å². The molecule has 138 valence electrons. The Morgan fingerprint density at radius 2 is 1.84 bits per heavy atom. The molecule has 4 atom stereocenters. The van der Waals surface area contributed by atoms with Gasteiger partial charge in [0, 0.05) is 38.8 Å². The Balaban J connectivity index is 1.23. The standard InChI is InChI=1S/C21H33N3O/c25-19(15-23-10-4-5-11-23)12-22-21-9-8-18-14-24(16-20(18)21)13-17-6-2-1-3-7-17/h1-3,6-7,18-22,25H,4-5,8-16H2. The van der Waals surface area contributed by atoms with E-state index in [2.05, 4.69) is 45.4 Å². The molecule has 0 radical (unpaired) electrons. The fraction of sp³-hybridized carbons (Fsp3) is 0.714. The molecule has 25 heavy (non-hydrogen) atoms. The summed E-state index contributed by atoms with van der Waals surface area (Å²) in [6.45, 7) is 7.46. The zero-order valence-corrected chi connectivity index (χ0v) is 15.3. The second-order valence-electron chi connectivity index (χ2n) is 8.36. The van der Waals surface area contributed by atoms with Gasteiger partial charge in [0.1, 0.15) is 0 Å². The molecule has 3 aliphatic rings. The van der Waals surface area contributed by atoms with Crippen molar-refractivity contribution in [1.82, 2.24) is 15.1 Å². The maximum absolute atomic E-state index is 10.3. The number of aliphatic hydroxyl groups is 1. The van der Waals surface area contributed by atoms with Crippen LogP contribution < -0.4 is 5.32 Å². The van der Waals surface area contributed by atoms with Crippen LogP contribution in [0.2, 0.25) is 0 Å². The summed E-state index contributed by atoms with van der Waals surface area (Å²) in [5, 5.41) is 14.1. The van der Waals surface area contributed by atoms with Gasteiger partial charge in [0.15, 0.2) is 0 Å². The summed E-state index contributed by atoms with van der Waals surface area (Å²) in [6.07, 6.45) is 4.99. The molecule has 3 fully saturated rings. The van der Waals surface area contributed by atoms with Crippen LogP contribution in [-0.4, -0.2) is 66.3 Å². The molecule has 0 bridgehead atoms. The number of nitrogens with one attached hydrogen (secondary N) is 1. The molecule has 1 aliphatic carbocycles. The van der Waals surface area contributed by atoms with Crippen molar-refractivity contribution in [3.8, 4) is 0 Å². The van der Waals surface area contributed by atoms with Crippen molar-refractivity contribution < 1.29 is 5.11 Å². The molecule has 2 saturated heterocycles. The van der Waals surface area contributed by atoms with E-state index in [1.54, 1.807) is 0 Å². The molecular weight excluding hydrogens is 310 g/mol. The van der Waals surface area contributed by atoms with Gasteiger partial charge >= 0.3 is 0 Å². The van der Waals surface area contributed by atoms with Crippen LogP contribution in [0.4, 0.5) is 0 Å². The predicted octanol–water partition coefficient (Wildman–Crippen LogP) is 1.94. The summed E-state index contributed by atoms with van der Waals surface area (Å²) >= 11 is 0. The molecule has 4 nitrogen and oxygen atoms in total. The molecule has 0 aromatic heterocycles. The van der Waals surface area contributed by atoms with Crippen molar-refractivity contribution >= 4 is 0 Å². The van der Waals surface area contributed by atoms with Crippen molar-refractivity contribution in [2.75, 3.05) is 39.3 Å². The molecule has 1 saturated carbocycles. The van der Waals surface area contributed by atoms with Crippen LogP contribution >= 0.6 is 0 Å². The second-order valence-corrected chi connectivity index (χ2v) is 8.36. The van der Waals surface area contributed by atoms with Gasteiger partial charge in [-0.3, -0.25) is 4.90 Å². The van der Waals surface area contributed by atoms with E-state index in [0.29, 0.717) is 6.04 Å². The third-order valence-corrected chi connectivity index (χ3v) is 6.46. The number of hydrogen-bond donors (Lipinski definition) is 2. The lowest BCUT2D eigenvalue weighted by Crippen LogP contribution is -2.43. The number of likely N-dealkylation sites (tertiary alicyclic amines) is 2. The Morgan fingerprint density at radius 1 is 1.04 bits per heavy atom. The summed E-state index contributed by atoms with van der Waals surface area (Å²) < 4.78 is 0. The topological polar surface area (TPSA) is 38.7 Å². The molecule has 1 aromatic carbocycles. The van der Waals surface area contributed by atoms with Crippen molar-refractivity contribution in [1.29, 1.82) is 0 Å². The van der Waals surface area contributed by atoms with E-state index in [1.165, 1.54) is 57.4 Å². The number of benzene rings is 1. The summed E-state index contributed by atoms with van der Waals surface area (Å²) in [5.41, 5.74) is 1.42. The number of fused-ring (bicyclic) bond motifs is 1. The number of nitrogens with zero attached hydrogens (tertiary/aromatic N) is 2. The van der Waals surface area contributed by atoms with Gasteiger partial charge in [-0.25, -0.2) is 0 Å². The first-order valence-corrected chi connectivity index (χ1v) is 10.2. The molecule has 2 N–H and O–H groups in total. The minimum Gasteiger partial charge on any atom is -0.390 e. The summed E-state index contributed by atoms with van der Waals surface area (Å²) in [4.78, 5) is 5.03. The molecule has 1 aromatic rings. The lowest BCUT2D eigenvalue weighted by atomic mass is 9.98. The second kappa shape index (κ2) is 8.17.